The van der Waals surface area contributed by atoms with Crippen molar-refractivity contribution in [3.63, 3.8) is 0 Å². The molecule has 1 aliphatic heterocycles. The van der Waals surface area contributed by atoms with Crippen molar-refractivity contribution >= 4 is 11.8 Å². The van der Waals surface area contributed by atoms with Crippen molar-refractivity contribution in [3.05, 3.63) is 71.8 Å². The molecule has 0 bridgehead atoms. The van der Waals surface area contributed by atoms with Crippen LogP contribution < -0.4 is 0 Å². The van der Waals surface area contributed by atoms with E-state index in [4.69, 9.17) is 0 Å². The molecule has 1 aliphatic carbocycles. The van der Waals surface area contributed by atoms with Gasteiger partial charge >= 0.3 is 0 Å². The van der Waals surface area contributed by atoms with Crippen LogP contribution >= 0.6 is 0 Å². The Morgan fingerprint density at radius 2 is 1.90 bits per heavy atom. The van der Waals surface area contributed by atoms with E-state index < -0.39 is 5.92 Å². The Bertz CT molecular complexity index is 640. The number of nitrogens with zero attached hydrogens (tertiary/aromatic N) is 1. The maximum Gasteiger partial charge on any atom is 0.257 e. The zero-order chi connectivity index (χ0) is 14.1. The highest BCUT2D eigenvalue weighted by Crippen LogP contribution is 2.34. The van der Waals surface area contributed by atoms with Gasteiger partial charge in [-0.05, 0) is 17.6 Å². The van der Waals surface area contributed by atoms with E-state index in [1.807, 2.05) is 30.3 Å². The van der Waals surface area contributed by atoms with E-state index in [2.05, 4.69) is 6.58 Å². The fraction of sp³-hybridized carbons (Fsp3) is 0.176. The number of allylic oxidation sites excluding steroid dienone is 3. The normalized spacial score (nSPS) is 21.2. The smallest absolute Gasteiger partial charge is 0.257 e. The summed E-state index contributed by atoms with van der Waals surface area (Å²) in [6.07, 6.45) is 5.97. The summed E-state index contributed by atoms with van der Waals surface area (Å²) >= 11 is 0. The maximum atomic E-state index is 12.4. The topological polar surface area (TPSA) is 37.4 Å². The molecule has 3 heteroatoms. The van der Waals surface area contributed by atoms with E-state index in [9.17, 15) is 9.59 Å². The summed E-state index contributed by atoms with van der Waals surface area (Å²) in [5.41, 5.74) is 2.37. The van der Waals surface area contributed by atoms with Gasteiger partial charge in [0.2, 0.25) is 5.91 Å². The van der Waals surface area contributed by atoms with E-state index >= 15 is 0 Å². The van der Waals surface area contributed by atoms with Crippen molar-refractivity contribution in [2.24, 2.45) is 5.92 Å². The first-order valence-electron chi connectivity index (χ1n) is 6.65. The van der Waals surface area contributed by atoms with Crippen molar-refractivity contribution in [2.45, 2.75) is 6.42 Å². The van der Waals surface area contributed by atoms with Crippen molar-refractivity contribution in [1.82, 2.24) is 4.90 Å². The summed E-state index contributed by atoms with van der Waals surface area (Å²) in [5, 5.41) is 0. The fourth-order valence-corrected chi connectivity index (χ4v) is 2.66. The Labute approximate surface area is 117 Å². The van der Waals surface area contributed by atoms with Crippen molar-refractivity contribution in [2.75, 3.05) is 6.54 Å². The van der Waals surface area contributed by atoms with Gasteiger partial charge in [0.05, 0.1) is 5.92 Å². The van der Waals surface area contributed by atoms with E-state index in [0.29, 0.717) is 24.1 Å². The summed E-state index contributed by atoms with van der Waals surface area (Å²) in [7, 11) is 0. The lowest BCUT2D eigenvalue weighted by Crippen LogP contribution is -2.32. The van der Waals surface area contributed by atoms with Gasteiger partial charge in [-0.15, -0.1) is 0 Å². The summed E-state index contributed by atoms with van der Waals surface area (Å²) in [5.74, 6) is -0.795. The minimum Gasteiger partial charge on any atom is -0.278 e. The lowest BCUT2D eigenvalue weighted by molar-refractivity contribution is -0.138. The quantitative estimate of drug-likeness (QED) is 0.786. The van der Waals surface area contributed by atoms with Gasteiger partial charge in [-0.1, -0.05) is 55.1 Å². The van der Waals surface area contributed by atoms with Gasteiger partial charge in [0, 0.05) is 12.1 Å². The third-order valence-electron chi connectivity index (χ3n) is 3.74. The number of hydrogen-bond donors (Lipinski definition) is 0. The molecule has 0 aromatic heterocycles. The highest BCUT2D eigenvalue weighted by Gasteiger charge is 2.44. The minimum absolute atomic E-state index is 0.147. The Kier molecular flexibility index (Phi) is 3.11. The van der Waals surface area contributed by atoms with Crippen LogP contribution in [-0.4, -0.2) is 23.3 Å². The van der Waals surface area contributed by atoms with E-state index in [0.717, 1.165) is 5.56 Å². The van der Waals surface area contributed by atoms with Crippen molar-refractivity contribution < 1.29 is 9.59 Å². The average Bonchev–Trinajstić information content (AvgIpc) is 2.71. The lowest BCUT2D eigenvalue weighted by atomic mass is 9.90. The number of carbonyl (C=O) groups is 2. The van der Waals surface area contributed by atoms with Gasteiger partial charge in [-0.25, -0.2) is 0 Å². The number of likely N-dealkylation sites (tertiary alicyclic amines) is 1. The molecular formula is C17H15NO2. The van der Waals surface area contributed by atoms with Crippen LogP contribution in [0.4, 0.5) is 0 Å². The number of benzene rings is 1. The van der Waals surface area contributed by atoms with Gasteiger partial charge < -0.3 is 0 Å². The summed E-state index contributed by atoms with van der Waals surface area (Å²) < 4.78 is 0. The molecule has 1 heterocycles. The highest BCUT2D eigenvalue weighted by molar-refractivity contribution is 6.16. The van der Waals surface area contributed by atoms with Gasteiger partial charge in [0.1, 0.15) is 0 Å². The molecule has 1 aromatic rings. The largest absolute Gasteiger partial charge is 0.278 e. The van der Waals surface area contributed by atoms with Crippen molar-refractivity contribution in [1.29, 1.82) is 0 Å². The zero-order valence-corrected chi connectivity index (χ0v) is 11.1. The molecule has 0 spiro atoms. The van der Waals surface area contributed by atoms with Crippen LogP contribution in [0.15, 0.2) is 66.3 Å². The molecule has 3 rings (SSSR count). The van der Waals surface area contributed by atoms with Crippen LogP contribution in [0.2, 0.25) is 0 Å². The third-order valence-corrected chi connectivity index (χ3v) is 3.74. The second kappa shape index (κ2) is 4.93. The summed E-state index contributed by atoms with van der Waals surface area (Å²) in [6.45, 7) is 4.29. The number of rotatable bonds is 3. The van der Waals surface area contributed by atoms with Crippen LogP contribution in [0.5, 0.6) is 0 Å². The van der Waals surface area contributed by atoms with Crippen LogP contribution in [0, 0.1) is 5.92 Å². The van der Waals surface area contributed by atoms with Gasteiger partial charge in [0.25, 0.3) is 5.91 Å². The Hall–Kier alpha value is -2.42. The number of hydrogen-bond acceptors (Lipinski definition) is 2. The Balaban J connectivity index is 1.77. The molecule has 1 fully saturated rings. The average molecular weight is 265 g/mol. The monoisotopic (exact) mass is 265 g/mol. The molecule has 1 unspecified atom stereocenters. The highest BCUT2D eigenvalue weighted by atomic mass is 16.2. The van der Waals surface area contributed by atoms with Gasteiger partial charge in [0.15, 0.2) is 0 Å². The summed E-state index contributed by atoms with van der Waals surface area (Å²) in [4.78, 5) is 26.0. The van der Waals surface area contributed by atoms with E-state index in [-0.39, 0.29) is 11.8 Å². The first-order valence-corrected chi connectivity index (χ1v) is 6.65. The predicted octanol–water partition coefficient (Wildman–Crippen LogP) is 2.27. The first-order chi connectivity index (χ1) is 9.68. The predicted molar refractivity (Wildman–Crippen MR) is 76.7 cm³/mol. The Morgan fingerprint density at radius 3 is 2.60 bits per heavy atom. The number of fused-ring (bicyclic) bond motifs is 1. The van der Waals surface area contributed by atoms with Crippen molar-refractivity contribution in [3.8, 4) is 0 Å². The lowest BCUT2D eigenvalue weighted by Gasteiger charge is -2.14. The molecular weight excluding hydrogens is 250 g/mol. The second-order valence-electron chi connectivity index (χ2n) is 5.02. The second-order valence-corrected chi connectivity index (χ2v) is 5.02. The molecule has 2 amide bonds. The van der Waals surface area contributed by atoms with Crippen LogP contribution in [0.1, 0.15) is 5.56 Å². The van der Waals surface area contributed by atoms with Gasteiger partial charge in [-0.2, -0.15) is 0 Å². The molecule has 100 valence electrons. The molecule has 1 atom stereocenters. The third kappa shape index (κ3) is 2.01. The number of imide groups is 1. The molecule has 1 aromatic carbocycles. The molecule has 1 saturated heterocycles. The standard InChI is InChI=1S/C17H15NO2/c1-12-6-5-9-14-15(12)17(20)18(16(14)19)11-10-13-7-3-2-4-8-13/h2-9,15H,1,10-11H2. The molecule has 20 heavy (non-hydrogen) atoms. The molecule has 0 N–H and O–H groups in total. The van der Waals surface area contributed by atoms with Crippen LogP contribution in [0.3, 0.4) is 0 Å². The van der Waals surface area contributed by atoms with Crippen LogP contribution in [0.25, 0.3) is 0 Å². The van der Waals surface area contributed by atoms with E-state index in [1.54, 1.807) is 18.2 Å². The zero-order valence-electron chi connectivity index (χ0n) is 11.1. The SMILES string of the molecule is C=C1C=CC=C2C(=O)N(CCc3ccccc3)C(=O)C12. The molecule has 2 aliphatic rings. The Morgan fingerprint density at radius 1 is 1.15 bits per heavy atom. The van der Waals surface area contributed by atoms with Gasteiger partial charge in [-0.3, -0.25) is 14.5 Å². The van der Waals surface area contributed by atoms with Crippen LogP contribution in [-0.2, 0) is 16.0 Å². The number of amides is 2. The fourth-order valence-electron chi connectivity index (χ4n) is 2.66. The first kappa shape index (κ1) is 12.6. The molecule has 0 radical (unpaired) electrons. The maximum absolute atomic E-state index is 12.4. The molecule has 3 nitrogen and oxygen atoms in total. The summed E-state index contributed by atoms with van der Waals surface area (Å²) in [6, 6.07) is 9.86. The van der Waals surface area contributed by atoms with E-state index in [1.165, 1.54) is 4.90 Å². The minimum atomic E-state index is -0.469. The number of carbonyl (C=O) groups excluding carboxylic acids is 2. The molecule has 0 saturated carbocycles.